The lowest BCUT2D eigenvalue weighted by Crippen LogP contribution is -2.38. The molecule has 0 spiro atoms. The fraction of sp³-hybridized carbons (Fsp3) is 0.538. The topological polar surface area (TPSA) is 67.2 Å². The summed E-state index contributed by atoms with van der Waals surface area (Å²) >= 11 is 1.44. The van der Waals surface area contributed by atoms with E-state index in [0.717, 1.165) is 15.9 Å². The summed E-state index contributed by atoms with van der Waals surface area (Å²) < 4.78 is 1.80. The number of carbonyl (C=O) groups is 1. The van der Waals surface area contributed by atoms with E-state index in [1.807, 2.05) is 33.9 Å². The van der Waals surface area contributed by atoms with E-state index in [0.29, 0.717) is 4.88 Å². The van der Waals surface area contributed by atoms with Crippen molar-refractivity contribution in [3.8, 4) is 0 Å². The van der Waals surface area contributed by atoms with Crippen LogP contribution in [-0.2, 0) is 7.05 Å². The predicted molar refractivity (Wildman–Crippen MR) is 76.5 cm³/mol. The lowest BCUT2D eigenvalue weighted by atomic mass is 10.1. The molecule has 0 aliphatic rings. The number of amides is 1. The van der Waals surface area contributed by atoms with Crippen LogP contribution in [0.1, 0.15) is 29.2 Å². The summed E-state index contributed by atoms with van der Waals surface area (Å²) in [5.74, 6) is -0.0462. The largest absolute Gasteiger partial charge is 0.396 e. The minimum absolute atomic E-state index is 0.0433. The van der Waals surface area contributed by atoms with Crippen molar-refractivity contribution in [2.24, 2.45) is 13.0 Å². The van der Waals surface area contributed by atoms with Crippen molar-refractivity contribution in [3.05, 3.63) is 16.6 Å². The number of nitrogens with one attached hydrogen (secondary N) is 1. The Labute approximate surface area is 116 Å². The zero-order valence-electron chi connectivity index (χ0n) is 11.6. The average Bonchev–Trinajstić information content (AvgIpc) is 2.91. The first-order valence-electron chi connectivity index (χ1n) is 6.29. The van der Waals surface area contributed by atoms with E-state index in [9.17, 15) is 4.79 Å². The molecule has 2 unspecified atom stereocenters. The van der Waals surface area contributed by atoms with E-state index in [-0.39, 0.29) is 24.5 Å². The Hall–Kier alpha value is -1.40. The number of aromatic nitrogens is 2. The van der Waals surface area contributed by atoms with Gasteiger partial charge < -0.3 is 10.4 Å². The van der Waals surface area contributed by atoms with Crippen LogP contribution in [0.25, 0.3) is 10.2 Å². The van der Waals surface area contributed by atoms with Crippen molar-refractivity contribution in [2.45, 2.75) is 26.8 Å². The van der Waals surface area contributed by atoms with Crippen molar-refractivity contribution in [2.75, 3.05) is 6.61 Å². The van der Waals surface area contributed by atoms with Gasteiger partial charge in [0.05, 0.1) is 10.6 Å². The molecule has 2 aromatic heterocycles. The van der Waals surface area contributed by atoms with Gasteiger partial charge in [-0.05, 0) is 25.8 Å². The third-order valence-electron chi connectivity index (χ3n) is 3.42. The summed E-state index contributed by atoms with van der Waals surface area (Å²) in [7, 11) is 1.88. The molecule has 2 N–H and O–H groups in total. The molecule has 0 aliphatic carbocycles. The Morgan fingerprint density at radius 2 is 2.26 bits per heavy atom. The Bertz CT molecular complexity index is 568. The van der Waals surface area contributed by atoms with Crippen molar-refractivity contribution < 1.29 is 9.90 Å². The van der Waals surface area contributed by atoms with Crippen molar-refractivity contribution in [1.29, 1.82) is 0 Å². The molecule has 0 saturated heterocycles. The number of aryl methyl sites for hydroxylation is 2. The molecule has 0 bridgehead atoms. The number of thiophene rings is 1. The summed E-state index contributed by atoms with van der Waals surface area (Å²) in [4.78, 5) is 13.8. The standard InChI is InChI=1S/C13H19N3O2S/c1-7(6-17)8(2)14-12(18)11-5-10-9(3)15-16(4)13(10)19-11/h5,7-8,17H,6H2,1-4H3,(H,14,18). The van der Waals surface area contributed by atoms with Gasteiger partial charge in [0, 0.05) is 25.1 Å². The van der Waals surface area contributed by atoms with Crippen molar-refractivity contribution >= 4 is 27.5 Å². The summed E-state index contributed by atoms with van der Waals surface area (Å²) in [6, 6.07) is 1.83. The zero-order chi connectivity index (χ0) is 14.2. The number of hydrogen-bond acceptors (Lipinski definition) is 4. The molecule has 0 aromatic carbocycles. The lowest BCUT2D eigenvalue weighted by molar-refractivity contribution is 0.0920. The van der Waals surface area contributed by atoms with Gasteiger partial charge in [-0.1, -0.05) is 6.92 Å². The maximum absolute atomic E-state index is 12.2. The first-order chi connectivity index (χ1) is 8.93. The summed E-state index contributed by atoms with van der Waals surface area (Å²) in [6.07, 6.45) is 0. The minimum atomic E-state index is -0.0894. The van der Waals surface area contributed by atoms with Crippen LogP contribution in [0, 0.1) is 12.8 Å². The molecule has 0 fully saturated rings. The van der Waals surface area contributed by atoms with Crippen LogP contribution >= 0.6 is 11.3 Å². The first-order valence-corrected chi connectivity index (χ1v) is 7.10. The van der Waals surface area contributed by atoms with E-state index in [1.165, 1.54) is 11.3 Å². The molecule has 2 heterocycles. The van der Waals surface area contributed by atoms with Gasteiger partial charge in [-0.25, -0.2) is 0 Å². The third-order valence-corrected chi connectivity index (χ3v) is 4.62. The molecular formula is C13H19N3O2S. The summed E-state index contributed by atoms with van der Waals surface area (Å²) in [5, 5.41) is 17.3. The smallest absolute Gasteiger partial charge is 0.261 e. The van der Waals surface area contributed by atoms with Crippen LogP contribution in [-0.4, -0.2) is 33.4 Å². The fourth-order valence-corrected chi connectivity index (χ4v) is 2.92. The molecule has 0 radical (unpaired) electrons. The Morgan fingerprint density at radius 1 is 1.58 bits per heavy atom. The molecule has 2 aromatic rings. The van der Waals surface area contributed by atoms with Crippen molar-refractivity contribution in [1.82, 2.24) is 15.1 Å². The molecule has 2 atom stereocenters. The van der Waals surface area contributed by atoms with E-state index in [2.05, 4.69) is 10.4 Å². The number of fused-ring (bicyclic) bond motifs is 1. The van der Waals surface area contributed by atoms with E-state index >= 15 is 0 Å². The second-order valence-corrected chi connectivity index (χ2v) is 5.99. The molecular weight excluding hydrogens is 262 g/mol. The second kappa shape index (κ2) is 5.30. The van der Waals surface area contributed by atoms with E-state index in [1.54, 1.807) is 4.68 Å². The van der Waals surface area contributed by atoms with Gasteiger partial charge in [0.1, 0.15) is 4.83 Å². The van der Waals surface area contributed by atoms with Crippen LogP contribution in [0.15, 0.2) is 6.07 Å². The van der Waals surface area contributed by atoms with Gasteiger partial charge in [-0.2, -0.15) is 5.10 Å². The molecule has 6 heteroatoms. The molecule has 0 aliphatic heterocycles. The fourth-order valence-electron chi connectivity index (χ4n) is 1.90. The molecule has 0 saturated carbocycles. The maximum Gasteiger partial charge on any atom is 0.261 e. The maximum atomic E-state index is 12.2. The van der Waals surface area contributed by atoms with Gasteiger partial charge in [0.25, 0.3) is 5.91 Å². The van der Waals surface area contributed by atoms with Crippen LogP contribution in [0.3, 0.4) is 0 Å². The highest BCUT2D eigenvalue weighted by molar-refractivity contribution is 7.20. The van der Waals surface area contributed by atoms with Gasteiger partial charge in [-0.3, -0.25) is 9.48 Å². The summed E-state index contributed by atoms with van der Waals surface area (Å²) in [5.41, 5.74) is 0.935. The molecule has 5 nitrogen and oxygen atoms in total. The minimum Gasteiger partial charge on any atom is -0.396 e. The second-order valence-electron chi connectivity index (χ2n) is 4.96. The van der Waals surface area contributed by atoms with Crippen LogP contribution < -0.4 is 5.32 Å². The van der Waals surface area contributed by atoms with Gasteiger partial charge >= 0.3 is 0 Å². The molecule has 2 rings (SSSR count). The first kappa shape index (κ1) is 14.0. The Kier molecular flexibility index (Phi) is 3.91. The lowest BCUT2D eigenvalue weighted by Gasteiger charge is -2.18. The van der Waals surface area contributed by atoms with Gasteiger partial charge in [0.2, 0.25) is 0 Å². The highest BCUT2D eigenvalue weighted by atomic mass is 32.1. The number of rotatable bonds is 4. The Balaban J connectivity index is 2.20. The van der Waals surface area contributed by atoms with Crippen LogP contribution in [0.4, 0.5) is 0 Å². The van der Waals surface area contributed by atoms with E-state index in [4.69, 9.17) is 5.11 Å². The number of nitrogens with zero attached hydrogens (tertiary/aromatic N) is 2. The highest BCUT2D eigenvalue weighted by Crippen LogP contribution is 2.27. The van der Waals surface area contributed by atoms with Gasteiger partial charge in [-0.15, -0.1) is 11.3 Å². The van der Waals surface area contributed by atoms with Crippen molar-refractivity contribution in [3.63, 3.8) is 0 Å². The average molecular weight is 281 g/mol. The molecule has 104 valence electrons. The number of hydrogen-bond donors (Lipinski definition) is 2. The third kappa shape index (κ3) is 2.64. The Morgan fingerprint density at radius 3 is 2.84 bits per heavy atom. The SMILES string of the molecule is Cc1nn(C)c2sc(C(=O)NC(C)C(C)CO)cc12. The van der Waals surface area contributed by atoms with Crippen LogP contribution in [0.2, 0.25) is 0 Å². The zero-order valence-corrected chi connectivity index (χ0v) is 12.4. The quantitative estimate of drug-likeness (QED) is 0.896. The predicted octanol–water partition coefficient (Wildman–Crippen LogP) is 1.69. The molecule has 1 amide bonds. The summed E-state index contributed by atoms with van der Waals surface area (Å²) in [6.45, 7) is 5.81. The highest BCUT2D eigenvalue weighted by Gasteiger charge is 2.18. The van der Waals surface area contributed by atoms with E-state index < -0.39 is 0 Å². The normalized spacial score (nSPS) is 14.6. The number of aliphatic hydroxyl groups is 1. The van der Waals surface area contributed by atoms with Gasteiger partial charge in [0.15, 0.2) is 0 Å². The van der Waals surface area contributed by atoms with Crippen LogP contribution in [0.5, 0.6) is 0 Å². The number of aliphatic hydroxyl groups excluding tert-OH is 1. The molecule has 19 heavy (non-hydrogen) atoms. The monoisotopic (exact) mass is 281 g/mol. The number of carbonyl (C=O) groups excluding carboxylic acids is 1.